The van der Waals surface area contributed by atoms with Gasteiger partial charge in [0.1, 0.15) is 0 Å². The van der Waals surface area contributed by atoms with E-state index in [4.69, 9.17) is 11.6 Å². The van der Waals surface area contributed by atoms with E-state index in [0.29, 0.717) is 43.4 Å². The molecule has 3 rings (SSSR count). The molecule has 1 aromatic carbocycles. The number of carbonyl (C=O) groups excluding carboxylic acids is 2. The van der Waals surface area contributed by atoms with Crippen molar-refractivity contribution in [1.82, 2.24) is 9.80 Å². The van der Waals surface area contributed by atoms with Crippen LogP contribution in [0.15, 0.2) is 41.8 Å². The van der Waals surface area contributed by atoms with E-state index in [1.165, 1.54) is 11.3 Å². The van der Waals surface area contributed by atoms with E-state index in [-0.39, 0.29) is 11.8 Å². The number of anilines is 1. The zero-order valence-electron chi connectivity index (χ0n) is 13.1. The highest BCUT2D eigenvalue weighted by Crippen LogP contribution is 2.16. The first-order valence-corrected chi connectivity index (χ1v) is 8.98. The highest BCUT2D eigenvalue weighted by molar-refractivity contribution is 7.12. The van der Waals surface area contributed by atoms with Crippen LogP contribution in [0.2, 0.25) is 5.02 Å². The molecule has 126 valence electrons. The highest BCUT2D eigenvalue weighted by atomic mass is 35.5. The molecule has 0 atom stereocenters. The Morgan fingerprint density at radius 1 is 1.12 bits per heavy atom. The number of benzene rings is 1. The molecular weight excluding hydrogens is 346 g/mol. The summed E-state index contributed by atoms with van der Waals surface area (Å²) in [7, 11) is 0. The second kappa shape index (κ2) is 7.79. The van der Waals surface area contributed by atoms with E-state index in [2.05, 4.69) is 10.2 Å². The quantitative estimate of drug-likeness (QED) is 0.847. The standard InChI is InChI=1S/C17H18ClN3O2S/c18-13-3-1-4-14(11-13)19-17(23)21-8-6-20(7-9-21)12-15(22)16-5-2-10-24-16/h1-5,10-11H,6-9,12H2,(H,19,23). The predicted octanol–water partition coefficient (Wildman–Crippen LogP) is 3.43. The minimum atomic E-state index is -0.137. The Hall–Kier alpha value is -1.89. The Labute approximate surface area is 149 Å². The first kappa shape index (κ1) is 17.0. The van der Waals surface area contributed by atoms with Gasteiger partial charge in [0.05, 0.1) is 11.4 Å². The van der Waals surface area contributed by atoms with E-state index >= 15 is 0 Å². The molecule has 1 aliphatic rings. The smallest absolute Gasteiger partial charge is 0.321 e. The van der Waals surface area contributed by atoms with Crippen molar-refractivity contribution in [3.8, 4) is 0 Å². The van der Waals surface area contributed by atoms with Crippen LogP contribution in [0.4, 0.5) is 10.5 Å². The minimum Gasteiger partial charge on any atom is -0.322 e. The second-order valence-electron chi connectivity index (χ2n) is 5.60. The van der Waals surface area contributed by atoms with E-state index in [1.54, 1.807) is 29.2 Å². The molecule has 2 amide bonds. The van der Waals surface area contributed by atoms with Crippen molar-refractivity contribution >= 4 is 40.4 Å². The maximum Gasteiger partial charge on any atom is 0.321 e. The number of hydrogen-bond acceptors (Lipinski definition) is 4. The summed E-state index contributed by atoms with van der Waals surface area (Å²) >= 11 is 7.39. The summed E-state index contributed by atoms with van der Waals surface area (Å²) in [5.41, 5.74) is 0.683. The van der Waals surface area contributed by atoms with Gasteiger partial charge in [-0.25, -0.2) is 4.79 Å². The number of urea groups is 1. The van der Waals surface area contributed by atoms with Gasteiger partial charge in [0.15, 0.2) is 5.78 Å². The molecule has 0 unspecified atom stereocenters. The molecule has 0 aliphatic carbocycles. The third-order valence-electron chi connectivity index (χ3n) is 3.90. The molecule has 1 N–H and O–H groups in total. The van der Waals surface area contributed by atoms with Crippen molar-refractivity contribution < 1.29 is 9.59 Å². The Balaban J connectivity index is 1.48. The zero-order chi connectivity index (χ0) is 16.9. The average Bonchev–Trinajstić information content (AvgIpc) is 3.10. The number of amides is 2. The lowest BCUT2D eigenvalue weighted by atomic mass is 10.2. The highest BCUT2D eigenvalue weighted by Gasteiger charge is 2.23. The Morgan fingerprint density at radius 2 is 1.92 bits per heavy atom. The molecule has 1 fully saturated rings. The van der Waals surface area contributed by atoms with Gasteiger partial charge >= 0.3 is 6.03 Å². The summed E-state index contributed by atoms with van der Waals surface area (Å²) in [4.78, 5) is 29.0. The first-order chi connectivity index (χ1) is 11.6. The van der Waals surface area contributed by atoms with Crippen LogP contribution in [0.1, 0.15) is 9.67 Å². The summed E-state index contributed by atoms with van der Waals surface area (Å²) in [5.74, 6) is 0.141. The molecule has 2 aromatic rings. The molecule has 1 saturated heterocycles. The van der Waals surface area contributed by atoms with Crippen molar-refractivity contribution in [2.75, 3.05) is 38.0 Å². The largest absolute Gasteiger partial charge is 0.322 e. The maximum atomic E-state index is 12.3. The summed E-state index contributed by atoms with van der Waals surface area (Å²) in [5, 5.41) is 5.34. The first-order valence-electron chi connectivity index (χ1n) is 7.72. The van der Waals surface area contributed by atoms with Crippen LogP contribution < -0.4 is 5.32 Å². The van der Waals surface area contributed by atoms with Crippen LogP contribution >= 0.6 is 22.9 Å². The second-order valence-corrected chi connectivity index (χ2v) is 6.99. The van der Waals surface area contributed by atoms with Crippen LogP contribution in [0, 0.1) is 0 Å². The van der Waals surface area contributed by atoms with Crippen molar-refractivity contribution in [3.05, 3.63) is 51.7 Å². The van der Waals surface area contributed by atoms with E-state index in [9.17, 15) is 9.59 Å². The van der Waals surface area contributed by atoms with E-state index in [1.807, 2.05) is 17.5 Å². The minimum absolute atomic E-state index is 0.137. The molecule has 0 saturated carbocycles. The Bertz CT molecular complexity index is 712. The normalized spacial score (nSPS) is 15.3. The zero-order valence-corrected chi connectivity index (χ0v) is 14.6. The fourth-order valence-electron chi connectivity index (χ4n) is 2.60. The van der Waals surface area contributed by atoms with Gasteiger partial charge in [0.25, 0.3) is 0 Å². The summed E-state index contributed by atoms with van der Waals surface area (Å²) in [6, 6.07) is 10.7. The number of Topliss-reactive ketones (excluding diaryl/α,β-unsaturated/α-hetero) is 1. The monoisotopic (exact) mass is 363 g/mol. The lowest BCUT2D eigenvalue weighted by molar-refractivity contribution is 0.0887. The number of piperazine rings is 1. The Morgan fingerprint density at radius 3 is 2.58 bits per heavy atom. The number of thiophene rings is 1. The van der Waals surface area contributed by atoms with Crippen LogP contribution in [0.3, 0.4) is 0 Å². The molecule has 0 spiro atoms. The molecule has 5 nitrogen and oxygen atoms in total. The predicted molar refractivity (Wildman–Crippen MR) is 97.1 cm³/mol. The van der Waals surface area contributed by atoms with Crippen LogP contribution in [-0.4, -0.2) is 54.3 Å². The molecule has 0 radical (unpaired) electrons. The van der Waals surface area contributed by atoms with Crippen molar-refractivity contribution in [1.29, 1.82) is 0 Å². The molecule has 2 heterocycles. The van der Waals surface area contributed by atoms with Gasteiger partial charge in [0, 0.05) is 36.9 Å². The maximum absolute atomic E-state index is 12.3. The number of hydrogen-bond donors (Lipinski definition) is 1. The van der Waals surface area contributed by atoms with Gasteiger partial charge in [-0.1, -0.05) is 23.7 Å². The summed E-state index contributed by atoms with van der Waals surface area (Å²) in [6.07, 6.45) is 0. The van der Waals surface area contributed by atoms with Gasteiger partial charge in [-0.05, 0) is 29.6 Å². The molecular formula is C17H18ClN3O2S. The SMILES string of the molecule is O=C(CN1CCN(C(=O)Nc2cccc(Cl)c2)CC1)c1cccs1. The molecule has 1 aromatic heterocycles. The van der Waals surface area contributed by atoms with Crippen LogP contribution in [0.25, 0.3) is 0 Å². The number of rotatable bonds is 4. The topological polar surface area (TPSA) is 52.7 Å². The van der Waals surface area contributed by atoms with Gasteiger partial charge in [-0.2, -0.15) is 0 Å². The molecule has 0 bridgehead atoms. The van der Waals surface area contributed by atoms with Crippen molar-refractivity contribution in [2.45, 2.75) is 0 Å². The van der Waals surface area contributed by atoms with Gasteiger partial charge < -0.3 is 10.2 Å². The van der Waals surface area contributed by atoms with Crippen LogP contribution in [-0.2, 0) is 0 Å². The van der Waals surface area contributed by atoms with Gasteiger partial charge in [-0.3, -0.25) is 9.69 Å². The van der Waals surface area contributed by atoms with E-state index in [0.717, 1.165) is 4.88 Å². The Kier molecular flexibility index (Phi) is 5.50. The number of carbonyl (C=O) groups is 2. The van der Waals surface area contributed by atoms with Gasteiger partial charge in [-0.15, -0.1) is 11.3 Å². The number of nitrogens with one attached hydrogen (secondary N) is 1. The van der Waals surface area contributed by atoms with Crippen molar-refractivity contribution in [2.24, 2.45) is 0 Å². The fraction of sp³-hybridized carbons (Fsp3) is 0.294. The molecule has 24 heavy (non-hydrogen) atoms. The lowest BCUT2D eigenvalue weighted by Gasteiger charge is -2.34. The summed E-state index contributed by atoms with van der Waals surface area (Å²) < 4.78 is 0. The summed E-state index contributed by atoms with van der Waals surface area (Å²) in [6.45, 7) is 3.00. The van der Waals surface area contributed by atoms with Crippen molar-refractivity contribution in [3.63, 3.8) is 0 Å². The molecule has 7 heteroatoms. The third kappa shape index (κ3) is 4.35. The number of halogens is 1. The van der Waals surface area contributed by atoms with Crippen LogP contribution in [0.5, 0.6) is 0 Å². The third-order valence-corrected chi connectivity index (χ3v) is 5.04. The molecule has 1 aliphatic heterocycles. The number of nitrogens with zero attached hydrogens (tertiary/aromatic N) is 2. The van der Waals surface area contributed by atoms with Gasteiger partial charge in [0.2, 0.25) is 0 Å². The average molecular weight is 364 g/mol. The van der Waals surface area contributed by atoms with E-state index < -0.39 is 0 Å². The fourth-order valence-corrected chi connectivity index (χ4v) is 3.44. The number of ketones is 1. The lowest BCUT2D eigenvalue weighted by Crippen LogP contribution is -2.51.